The van der Waals surface area contributed by atoms with Gasteiger partial charge in [0.2, 0.25) is 0 Å². The molecule has 0 bridgehead atoms. The number of hydrogen-bond acceptors (Lipinski definition) is 6. The summed E-state index contributed by atoms with van der Waals surface area (Å²) in [6.07, 6.45) is 10.3. The molecule has 6 nitrogen and oxygen atoms in total. The zero-order valence-corrected chi connectivity index (χ0v) is 21.4. The molecule has 0 amide bonds. The Morgan fingerprint density at radius 1 is 1.15 bits per heavy atom. The minimum absolute atomic E-state index is 0.000815. The van der Waals surface area contributed by atoms with E-state index in [-0.39, 0.29) is 29.5 Å². The fourth-order valence-electron chi connectivity index (χ4n) is 8.86. The van der Waals surface area contributed by atoms with Crippen molar-refractivity contribution < 1.29 is 28.9 Å². The van der Waals surface area contributed by atoms with Gasteiger partial charge in [0.15, 0.2) is 11.6 Å². The fraction of sp³-hybridized carbons (Fsp3) is 0.857. The second-order valence-electron chi connectivity index (χ2n) is 12.1. The Labute approximate surface area is 203 Å². The topological polar surface area (TPSA) is 82.1 Å². The Hall–Kier alpha value is -1.08. The molecule has 0 aromatic rings. The number of Topliss-reactive ketones (excluding diaryl/α,β-unsaturated/α-hetero) is 1. The van der Waals surface area contributed by atoms with Gasteiger partial charge in [-0.2, -0.15) is 0 Å². The second kappa shape index (κ2) is 8.50. The first-order chi connectivity index (χ1) is 16.1. The molecule has 34 heavy (non-hydrogen) atoms. The van der Waals surface area contributed by atoms with Gasteiger partial charge in [0, 0.05) is 25.4 Å². The van der Waals surface area contributed by atoms with Gasteiger partial charge in [-0.25, -0.2) is 0 Å². The summed E-state index contributed by atoms with van der Waals surface area (Å²) < 4.78 is 18.5. The van der Waals surface area contributed by atoms with Gasteiger partial charge in [-0.1, -0.05) is 39.2 Å². The summed E-state index contributed by atoms with van der Waals surface area (Å²) in [5, 5.41) is 11.7. The second-order valence-corrected chi connectivity index (χ2v) is 12.1. The molecular weight excluding hydrogens is 432 g/mol. The minimum atomic E-state index is -1.19. The Morgan fingerprint density at radius 2 is 1.94 bits per heavy atom. The first kappa shape index (κ1) is 24.6. The van der Waals surface area contributed by atoms with Gasteiger partial charge in [0.1, 0.15) is 12.2 Å². The number of unbranched alkanes of at least 4 members (excludes halogenated alkanes) is 2. The van der Waals surface area contributed by atoms with Crippen LogP contribution in [0, 0.1) is 28.6 Å². The molecule has 1 spiro atoms. The summed E-state index contributed by atoms with van der Waals surface area (Å²) in [5.74, 6) is -0.233. The van der Waals surface area contributed by atoms with Crippen LogP contribution in [-0.2, 0) is 23.8 Å². The highest BCUT2D eigenvalue weighted by molar-refractivity contribution is 5.92. The predicted octanol–water partition coefficient (Wildman–Crippen LogP) is 4.72. The largest absolute Gasteiger partial charge is 0.393 e. The van der Waals surface area contributed by atoms with Crippen molar-refractivity contribution in [2.75, 3.05) is 13.7 Å². The van der Waals surface area contributed by atoms with E-state index in [1.165, 1.54) is 5.57 Å². The summed E-state index contributed by atoms with van der Waals surface area (Å²) in [7, 11) is 1.61. The molecule has 6 heteroatoms. The van der Waals surface area contributed by atoms with Gasteiger partial charge in [0.05, 0.1) is 6.10 Å². The Bertz CT molecular complexity index is 882. The number of ether oxygens (including phenoxy) is 3. The molecule has 0 aromatic heterocycles. The molecule has 5 aliphatic rings. The molecule has 1 unspecified atom stereocenters. The van der Waals surface area contributed by atoms with Crippen LogP contribution in [-0.4, -0.2) is 48.1 Å². The standard InChI is InChI=1S/C28H42O6/c1-5-6-7-12-28(32-4)33-17-23(31)27(34-28)14-11-21-20-9-8-18-15-19(29)10-13-25(18,2)24(20)22(30)16-26(21,27)3/h15,20-22,24,30H,5-14,16-17H2,1-4H3/t20-,21-,22-,24+,25-,26-,27-,28?/m0/s1. The van der Waals surface area contributed by atoms with Crippen molar-refractivity contribution in [2.45, 2.75) is 109 Å². The Balaban J connectivity index is 1.48. The zero-order valence-electron chi connectivity index (χ0n) is 21.4. The maximum absolute atomic E-state index is 13.6. The monoisotopic (exact) mass is 474 g/mol. The van der Waals surface area contributed by atoms with Crippen LogP contribution in [0.25, 0.3) is 0 Å². The zero-order chi connectivity index (χ0) is 24.4. The van der Waals surface area contributed by atoms with Crippen molar-refractivity contribution in [3.05, 3.63) is 11.6 Å². The van der Waals surface area contributed by atoms with Crippen LogP contribution in [0.2, 0.25) is 0 Å². The van der Waals surface area contributed by atoms with Crippen LogP contribution < -0.4 is 0 Å². The number of aliphatic hydroxyl groups is 1. The molecule has 8 atom stereocenters. The number of aliphatic hydroxyl groups excluding tert-OH is 1. The third-order valence-corrected chi connectivity index (χ3v) is 10.6. The van der Waals surface area contributed by atoms with Crippen molar-refractivity contribution in [3.63, 3.8) is 0 Å². The van der Waals surface area contributed by atoms with Crippen molar-refractivity contribution in [1.82, 2.24) is 0 Å². The fourth-order valence-corrected chi connectivity index (χ4v) is 8.86. The average molecular weight is 475 g/mol. The normalized spacial score (nSPS) is 48.3. The highest BCUT2D eigenvalue weighted by atomic mass is 16.9. The summed E-state index contributed by atoms with van der Waals surface area (Å²) in [5.41, 5.74) is -0.355. The van der Waals surface area contributed by atoms with E-state index in [1.54, 1.807) is 7.11 Å². The smallest absolute Gasteiger partial charge is 0.284 e. The van der Waals surface area contributed by atoms with E-state index in [9.17, 15) is 14.7 Å². The highest BCUT2D eigenvalue weighted by Crippen LogP contribution is 2.69. The first-order valence-electron chi connectivity index (χ1n) is 13.5. The lowest BCUT2D eigenvalue weighted by Gasteiger charge is -2.62. The first-order valence-corrected chi connectivity index (χ1v) is 13.5. The van der Waals surface area contributed by atoms with Crippen LogP contribution in [0.15, 0.2) is 11.6 Å². The summed E-state index contributed by atoms with van der Waals surface area (Å²) in [4.78, 5) is 25.7. The molecule has 1 saturated heterocycles. The summed E-state index contributed by atoms with van der Waals surface area (Å²) in [6.45, 7) is 6.60. The van der Waals surface area contributed by atoms with E-state index >= 15 is 0 Å². The van der Waals surface area contributed by atoms with Crippen molar-refractivity contribution >= 4 is 11.6 Å². The average Bonchev–Trinajstić information content (AvgIpc) is 3.09. The molecule has 0 aromatic carbocycles. The molecule has 1 heterocycles. The maximum Gasteiger partial charge on any atom is 0.284 e. The number of methoxy groups -OCH3 is 1. The molecule has 0 radical (unpaired) electrons. The lowest BCUT2D eigenvalue weighted by atomic mass is 9.45. The number of allylic oxidation sites excluding steroid dienone is 1. The molecule has 4 aliphatic carbocycles. The quantitative estimate of drug-likeness (QED) is 0.581. The van der Waals surface area contributed by atoms with E-state index in [2.05, 4.69) is 20.8 Å². The number of ketones is 2. The van der Waals surface area contributed by atoms with Crippen LogP contribution in [0.4, 0.5) is 0 Å². The van der Waals surface area contributed by atoms with Crippen LogP contribution in [0.5, 0.6) is 0 Å². The van der Waals surface area contributed by atoms with E-state index in [1.807, 2.05) is 6.08 Å². The van der Waals surface area contributed by atoms with Gasteiger partial charge in [0.25, 0.3) is 5.97 Å². The summed E-state index contributed by atoms with van der Waals surface area (Å²) >= 11 is 0. The van der Waals surface area contributed by atoms with E-state index in [0.29, 0.717) is 37.5 Å². The number of carbonyl (C=O) groups excluding carboxylic acids is 2. The predicted molar refractivity (Wildman–Crippen MR) is 127 cm³/mol. The van der Waals surface area contributed by atoms with Gasteiger partial charge >= 0.3 is 0 Å². The molecule has 1 aliphatic heterocycles. The SMILES string of the molecule is CCCCCC1(OC)OCC(=O)[C@]2(CC[C@H]3[C@@H]4CCC5=CC(=O)CC[C@]5(C)[C@H]4[C@@H](O)C[C@@]32C)O1. The number of carbonyl (C=O) groups is 2. The third-order valence-electron chi connectivity index (χ3n) is 10.6. The van der Waals surface area contributed by atoms with Crippen molar-refractivity contribution in [2.24, 2.45) is 28.6 Å². The molecule has 5 rings (SSSR count). The minimum Gasteiger partial charge on any atom is -0.393 e. The van der Waals surface area contributed by atoms with Gasteiger partial charge in [-0.15, -0.1) is 0 Å². The van der Waals surface area contributed by atoms with Gasteiger partial charge in [-0.05, 0) is 74.2 Å². The molecule has 190 valence electrons. The lowest BCUT2D eigenvalue weighted by Crippen LogP contribution is -2.67. The van der Waals surface area contributed by atoms with E-state index in [4.69, 9.17) is 14.2 Å². The van der Waals surface area contributed by atoms with Crippen LogP contribution in [0.1, 0.15) is 91.4 Å². The molecule has 4 fully saturated rings. The van der Waals surface area contributed by atoms with Crippen LogP contribution >= 0.6 is 0 Å². The summed E-state index contributed by atoms with van der Waals surface area (Å²) in [6, 6.07) is 0. The van der Waals surface area contributed by atoms with Crippen LogP contribution in [0.3, 0.4) is 0 Å². The lowest BCUT2D eigenvalue weighted by molar-refractivity contribution is -0.426. The highest BCUT2D eigenvalue weighted by Gasteiger charge is 2.72. The number of rotatable bonds is 5. The van der Waals surface area contributed by atoms with E-state index in [0.717, 1.165) is 44.9 Å². The van der Waals surface area contributed by atoms with Crippen molar-refractivity contribution in [1.29, 1.82) is 0 Å². The Kier molecular flexibility index (Phi) is 6.15. The maximum atomic E-state index is 13.6. The molecule has 3 saturated carbocycles. The Morgan fingerprint density at radius 3 is 2.68 bits per heavy atom. The number of fused-ring (bicyclic) bond motifs is 6. The molecular formula is C28H42O6. The van der Waals surface area contributed by atoms with Gasteiger partial charge in [-0.3, -0.25) is 9.59 Å². The van der Waals surface area contributed by atoms with E-state index < -0.39 is 23.1 Å². The number of hydrogen-bond donors (Lipinski definition) is 1. The van der Waals surface area contributed by atoms with Gasteiger partial charge < -0.3 is 19.3 Å². The van der Waals surface area contributed by atoms with Crippen molar-refractivity contribution in [3.8, 4) is 0 Å². The third kappa shape index (κ3) is 3.35. The molecule has 1 N–H and O–H groups in total.